The normalized spacial score (nSPS) is 24.9. The van der Waals surface area contributed by atoms with Gasteiger partial charge in [0.1, 0.15) is 0 Å². The molecule has 1 saturated carbocycles. The molecule has 1 aromatic rings. The van der Waals surface area contributed by atoms with Crippen molar-refractivity contribution in [3.63, 3.8) is 0 Å². The molecule has 0 aliphatic heterocycles. The molecule has 0 spiro atoms. The maximum atomic E-state index is 5.28. The highest BCUT2D eigenvalue weighted by Gasteiger charge is 2.38. The first-order valence-electron chi connectivity index (χ1n) is 6.29. The maximum Gasteiger partial charge on any atom is 0.228 e. The molecule has 96 valence electrons. The molecule has 0 bridgehead atoms. The van der Waals surface area contributed by atoms with E-state index >= 15 is 0 Å². The van der Waals surface area contributed by atoms with Gasteiger partial charge in [0.2, 0.25) is 5.89 Å². The summed E-state index contributed by atoms with van der Waals surface area (Å²) in [6.07, 6.45) is 1.92. The molecule has 5 heteroatoms. The summed E-state index contributed by atoms with van der Waals surface area (Å²) in [6, 6.07) is 0.245. The Morgan fingerprint density at radius 1 is 1.59 bits per heavy atom. The Labute approximate surface area is 102 Å². The number of nitrogens with zero attached hydrogens (tertiary/aromatic N) is 2. The van der Waals surface area contributed by atoms with Crippen LogP contribution >= 0.6 is 0 Å². The van der Waals surface area contributed by atoms with Crippen molar-refractivity contribution in [2.75, 3.05) is 20.3 Å². The lowest BCUT2D eigenvalue weighted by atomic mass is 10.2. The van der Waals surface area contributed by atoms with Gasteiger partial charge in [0, 0.05) is 25.5 Å². The Kier molecular flexibility index (Phi) is 4.12. The zero-order valence-corrected chi connectivity index (χ0v) is 10.8. The SMILES string of the molecule is CCNC(COC)Cc1nc(C2CC2C)no1. The number of nitrogens with one attached hydrogen (secondary N) is 1. The summed E-state index contributed by atoms with van der Waals surface area (Å²) in [7, 11) is 1.70. The molecule has 3 atom stereocenters. The number of ether oxygens (including phenoxy) is 1. The van der Waals surface area contributed by atoms with E-state index in [0.29, 0.717) is 24.3 Å². The highest BCUT2D eigenvalue weighted by molar-refractivity contribution is 5.07. The molecule has 0 radical (unpaired) electrons. The second kappa shape index (κ2) is 5.60. The fraction of sp³-hybridized carbons (Fsp3) is 0.833. The van der Waals surface area contributed by atoms with Gasteiger partial charge in [-0.05, 0) is 18.9 Å². The van der Waals surface area contributed by atoms with Gasteiger partial charge in [0.15, 0.2) is 5.82 Å². The zero-order chi connectivity index (χ0) is 12.3. The molecule has 1 heterocycles. The van der Waals surface area contributed by atoms with E-state index in [9.17, 15) is 0 Å². The molecule has 2 rings (SSSR count). The molecule has 1 aliphatic carbocycles. The minimum atomic E-state index is 0.245. The predicted octanol–water partition coefficient (Wildman–Crippen LogP) is 1.36. The van der Waals surface area contributed by atoms with E-state index in [-0.39, 0.29) is 6.04 Å². The van der Waals surface area contributed by atoms with Crippen molar-refractivity contribution < 1.29 is 9.26 Å². The Bertz CT molecular complexity index is 347. The lowest BCUT2D eigenvalue weighted by Gasteiger charge is -2.14. The van der Waals surface area contributed by atoms with E-state index in [2.05, 4.69) is 29.3 Å². The maximum absolute atomic E-state index is 5.28. The van der Waals surface area contributed by atoms with Crippen LogP contribution in [0.15, 0.2) is 4.52 Å². The van der Waals surface area contributed by atoms with Gasteiger partial charge in [-0.25, -0.2) is 0 Å². The second-order valence-corrected chi connectivity index (χ2v) is 4.78. The summed E-state index contributed by atoms with van der Waals surface area (Å²) in [5.41, 5.74) is 0. The van der Waals surface area contributed by atoms with E-state index in [0.717, 1.165) is 18.8 Å². The first-order valence-corrected chi connectivity index (χ1v) is 6.29. The van der Waals surface area contributed by atoms with Gasteiger partial charge in [0.05, 0.1) is 6.61 Å². The molecule has 1 aromatic heterocycles. The monoisotopic (exact) mass is 239 g/mol. The van der Waals surface area contributed by atoms with Crippen LogP contribution in [0.1, 0.15) is 37.9 Å². The summed E-state index contributed by atoms with van der Waals surface area (Å²) >= 11 is 0. The van der Waals surface area contributed by atoms with E-state index < -0.39 is 0 Å². The predicted molar refractivity (Wildman–Crippen MR) is 63.9 cm³/mol. The van der Waals surface area contributed by atoms with Crippen LogP contribution in [0.5, 0.6) is 0 Å². The van der Waals surface area contributed by atoms with Gasteiger partial charge in [0.25, 0.3) is 0 Å². The van der Waals surface area contributed by atoms with Crippen molar-refractivity contribution in [2.45, 2.75) is 38.6 Å². The molecule has 5 nitrogen and oxygen atoms in total. The van der Waals surface area contributed by atoms with Crippen LogP contribution < -0.4 is 5.32 Å². The lowest BCUT2D eigenvalue weighted by Crippen LogP contribution is -2.35. The number of methoxy groups -OCH3 is 1. The molecule has 1 fully saturated rings. The third kappa shape index (κ3) is 3.26. The molecular formula is C12H21N3O2. The van der Waals surface area contributed by atoms with E-state index in [1.54, 1.807) is 7.11 Å². The molecule has 1 N–H and O–H groups in total. The van der Waals surface area contributed by atoms with Crippen LogP contribution in [-0.4, -0.2) is 36.4 Å². The van der Waals surface area contributed by atoms with Crippen molar-refractivity contribution in [2.24, 2.45) is 5.92 Å². The third-order valence-corrected chi connectivity index (χ3v) is 3.21. The Hall–Kier alpha value is -0.940. The van der Waals surface area contributed by atoms with Gasteiger partial charge in [-0.3, -0.25) is 0 Å². The van der Waals surface area contributed by atoms with Crippen molar-refractivity contribution in [3.8, 4) is 0 Å². The third-order valence-electron chi connectivity index (χ3n) is 3.21. The molecule has 0 amide bonds. The van der Waals surface area contributed by atoms with Crippen LogP contribution in [0.3, 0.4) is 0 Å². The number of hydrogen-bond acceptors (Lipinski definition) is 5. The van der Waals surface area contributed by atoms with Crippen molar-refractivity contribution in [1.82, 2.24) is 15.5 Å². The smallest absolute Gasteiger partial charge is 0.228 e. The Morgan fingerprint density at radius 3 is 2.94 bits per heavy atom. The summed E-state index contributed by atoms with van der Waals surface area (Å²) < 4.78 is 10.4. The molecule has 0 saturated heterocycles. The minimum Gasteiger partial charge on any atom is -0.383 e. The van der Waals surface area contributed by atoms with E-state index in [4.69, 9.17) is 9.26 Å². The first-order chi connectivity index (χ1) is 8.24. The van der Waals surface area contributed by atoms with Gasteiger partial charge in [-0.2, -0.15) is 4.98 Å². The van der Waals surface area contributed by atoms with Gasteiger partial charge in [-0.15, -0.1) is 0 Å². The largest absolute Gasteiger partial charge is 0.383 e. The Balaban J connectivity index is 1.90. The number of hydrogen-bond donors (Lipinski definition) is 1. The van der Waals surface area contributed by atoms with Crippen LogP contribution in [-0.2, 0) is 11.2 Å². The zero-order valence-electron chi connectivity index (χ0n) is 10.8. The number of rotatable bonds is 7. The first kappa shape index (κ1) is 12.5. The summed E-state index contributed by atoms with van der Waals surface area (Å²) in [4.78, 5) is 4.45. The van der Waals surface area contributed by atoms with Crippen molar-refractivity contribution in [3.05, 3.63) is 11.7 Å². The van der Waals surface area contributed by atoms with Crippen molar-refractivity contribution >= 4 is 0 Å². The second-order valence-electron chi connectivity index (χ2n) is 4.78. The molecule has 17 heavy (non-hydrogen) atoms. The molecule has 3 unspecified atom stereocenters. The summed E-state index contributed by atoms with van der Waals surface area (Å²) in [6.45, 7) is 5.86. The van der Waals surface area contributed by atoms with Crippen molar-refractivity contribution in [1.29, 1.82) is 0 Å². The fourth-order valence-corrected chi connectivity index (χ4v) is 2.07. The van der Waals surface area contributed by atoms with E-state index in [1.165, 1.54) is 6.42 Å². The number of likely N-dealkylation sites (N-methyl/N-ethyl adjacent to an activating group) is 1. The average molecular weight is 239 g/mol. The molecule has 1 aliphatic rings. The van der Waals surface area contributed by atoms with Crippen LogP contribution in [0.4, 0.5) is 0 Å². The standard InChI is InChI=1S/C12H21N3O2/c1-4-13-9(7-16-3)6-11-14-12(15-17-11)10-5-8(10)2/h8-10,13H,4-7H2,1-3H3. The summed E-state index contributed by atoms with van der Waals surface area (Å²) in [5, 5.41) is 7.39. The summed E-state index contributed by atoms with van der Waals surface area (Å²) in [5.74, 6) is 2.82. The highest BCUT2D eigenvalue weighted by Crippen LogP contribution is 2.45. The van der Waals surface area contributed by atoms with Gasteiger partial charge in [-0.1, -0.05) is 19.0 Å². The average Bonchev–Trinajstić information content (AvgIpc) is 2.85. The quantitative estimate of drug-likeness (QED) is 0.778. The number of aromatic nitrogens is 2. The van der Waals surface area contributed by atoms with Crippen LogP contribution in [0, 0.1) is 5.92 Å². The molecule has 0 aromatic carbocycles. The van der Waals surface area contributed by atoms with E-state index in [1.807, 2.05) is 0 Å². The van der Waals surface area contributed by atoms with Crippen LogP contribution in [0.2, 0.25) is 0 Å². The van der Waals surface area contributed by atoms with Gasteiger partial charge >= 0.3 is 0 Å². The van der Waals surface area contributed by atoms with Gasteiger partial charge < -0.3 is 14.6 Å². The minimum absolute atomic E-state index is 0.245. The Morgan fingerprint density at radius 2 is 2.35 bits per heavy atom. The topological polar surface area (TPSA) is 60.2 Å². The van der Waals surface area contributed by atoms with Crippen LogP contribution in [0.25, 0.3) is 0 Å². The highest BCUT2D eigenvalue weighted by atomic mass is 16.5. The lowest BCUT2D eigenvalue weighted by molar-refractivity contribution is 0.162. The fourth-order valence-electron chi connectivity index (χ4n) is 2.07. The molecular weight excluding hydrogens is 218 g/mol.